The average molecular weight is 509 g/mol. The lowest BCUT2D eigenvalue weighted by atomic mass is 9.58. The third-order valence-corrected chi connectivity index (χ3v) is 8.74. The normalized spacial score (nSPS) is 27.1. The molecular formula is C28H30F2N4O3. The van der Waals surface area contributed by atoms with Crippen molar-refractivity contribution in [2.75, 3.05) is 18.0 Å². The highest BCUT2D eigenvalue weighted by atomic mass is 19.1. The summed E-state index contributed by atoms with van der Waals surface area (Å²) < 4.78 is 30.0. The number of hydrogen-bond acceptors (Lipinski definition) is 5. The van der Waals surface area contributed by atoms with Crippen LogP contribution in [0.15, 0.2) is 41.3 Å². The van der Waals surface area contributed by atoms with E-state index in [0.717, 1.165) is 50.7 Å². The summed E-state index contributed by atoms with van der Waals surface area (Å²) in [5.41, 5.74) is -0.445. The Morgan fingerprint density at radius 2 is 1.84 bits per heavy atom. The number of halogens is 2. The van der Waals surface area contributed by atoms with Crippen molar-refractivity contribution >= 4 is 22.8 Å². The first-order valence-electron chi connectivity index (χ1n) is 12.9. The zero-order valence-corrected chi connectivity index (χ0v) is 20.8. The summed E-state index contributed by atoms with van der Waals surface area (Å²) in [4.78, 5) is 33.6. The van der Waals surface area contributed by atoms with Gasteiger partial charge in [0, 0.05) is 30.9 Å². The SMILES string of the molecule is CC12CCC(NC(=O)c3cn(-c4ccc(F)cc4F)c4nc(N5CC[C@@H](O)C5)ccc4c3=O)(CC1)CC2. The second kappa shape index (κ2) is 8.62. The smallest absolute Gasteiger partial charge is 0.257 e. The highest BCUT2D eigenvalue weighted by Crippen LogP contribution is 2.52. The second-order valence-electron chi connectivity index (χ2n) is 11.3. The molecule has 4 fully saturated rings. The van der Waals surface area contributed by atoms with Crippen LogP contribution < -0.4 is 15.6 Å². The van der Waals surface area contributed by atoms with Crippen molar-refractivity contribution in [1.82, 2.24) is 14.9 Å². The highest BCUT2D eigenvalue weighted by molar-refractivity contribution is 5.97. The number of aliphatic hydroxyl groups is 1. The summed E-state index contributed by atoms with van der Waals surface area (Å²) in [5.74, 6) is -1.52. The van der Waals surface area contributed by atoms with E-state index >= 15 is 0 Å². The predicted molar refractivity (Wildman–Crippen MR) is 136 cm³/mol. The van der Waals surface area contributed by atoms with E-state index in [9.17, 15) is 23.5 Å². The standard InChI is InChI=1S/C28H30F2N4O3/c1-27-7-10-28(11-8-27,12-9-27)32-26(37)20-16-34(22-4-2-17(29)14-21(22)30)25-19(24(20)36)3-5-23(31-25)33-13-6-18(35)15-33/h2-5,14,16,18,35H,6-13,15H2,1H3,(H,32,37)/t18-,27?,28?/m1/s1. The van der Waals surface area contributed by atoms with Crippen LogP contribution in [0.1, 0.15) is 62.2 Å². The van der Waals surface area contributed by atoms with Gasteiger partial charge in [-0.25, -0.2) is 13.8 Å². The minimum Gasteiger partial charge on any atom is -0.391 e. The Bertz CT molecular complexity index is 1450. The van der Waals surface area contributed by atoms with Crippen molar-refractivity contribution in [2.45, 2.75) is 63.5 Å². The monoisotopic (exact) mass is 508 g/mol. The van der Waals surface area contributed by atoms with E-state index in [0.29, 0.717) is 30.7 Å². The number of amides is 1. The molecule has 7 nitrogen and oxygen atoms in total. The van der Waals surface area contributed by atoms with E-state index in [1.165, 1.54) is 16.8 Å². The maximum absolute atomic E-state index is 15.0. The molecule has 1 aliphatic heterocycles. The van der Waals surface area contributed by atoms with Gasteiger partial charge >= 0.3 is 0 Å². The Morgan fingerprint density at radius 1 is 1.11 bits per heavy atom. The topological polar surface area (TPSA) is 87.5 Å². The van der Waals surface area contributed by atoms with Crippen LogP contribution in [0.25, 0.3) is 16.7 Å². The fourth-order valence-corrected chi connectivity index (χ4v) is 6.21. The summed E-state index contributed by atoms with van der Waals surface area (Å²) in [6.07, 6.45) is 7.16. The molecule has 1 saturated heterocycles. The van der Waals surface area contributed by atoms with Crippen molar-refractivity contribution in [3.05, 3.63) is 63.9 Å². The second-order valence-corrected chi connectivity index (χ2v) is 11.3. The molecule has 1 atom stereocenters. The number of aliphatic hydroxyl groups excluding tert-OH is 1. The van der Waals surface area contributed by atoms with Gasteiger partial charge in [0.15, 0.2) is 5.65 Å². The summed E-state index contributed by atoms with van der Waals surface area (Å²) in [7, 11) is 0. The van der Waals surface area contributed by atoms with Gasteiger partial charge in [0.2, 0.25) is 5.43 Å². The molecule has 2 N–H and O–H groups in total. The molecule has 9 heteroatoms. The molecule has 3 aromatic rings. The van der Waals surface area contributed by atoms with Crippen LogP contribution in [0.5, 0.6) is 0 Å². The number of aromatic nitrogens is 2. The van der Waals surface area contributed by atoms with Crippen LogP contribution in [0.2, 0.25) is 0 Å². The van der Waals surface area contributed by atoms with Gasteiger partial charge in [0.1, 0.15) is 23.0 Å². The molecule has 37 heavy (non-hydrogen) atoms. The molecule has 194 valence electrons. The number of pyridine rings is 2. The van der Waals surface area contributed by atoms with Crippen molar-refractivity contribution < 1.29 is 18.7 Å². The molecule has 3 heterocycles. The summed E-state index contributed by atoms with van der Waals surface area (Å²) in [6.45, 7) is 3.28. The quantitative estimate of drug-likeness (QED) is 0.555. The first-order chi connectivity index (χ1) is 17.7. The van der Waals surface area contributed by atoms with E-state index in [4.69, 9.17) is 0 Å². The molecule has 3 saturated carbocycles. The van der Waals surface area contributed by atoms with Gasteiger partial charge in [-0.3, -0.25) is 14.2 Å². The number of rotatable bonds is 4. The molecule has 4 aliphatic rings. The lowest BCUT2D eigenvalue weighted by Crippen LogP contribution is -2.56. The van der Waals surface area contributed by atoms with Gasteiger partial charge < -0.3 is 15.3 Å². The van der Waals surface area contributed by atoms with Gasteiger partial charge in [-0.1, -0.05) is 6.92 Å². The van der Waals surface area contributed by atoms with E-state index in [2.05, 4.69) is 17.2 Å². The number of benzene rings is 1. The number of anilines is 1. The van der Waals surface area contributed by atoms with Crippen LogP contribution in [-0.2, 0) is 0 Å². The predicted octanol–water partition coefficient (Wildman–Crippen LogP) is 4.08. The molecule has 0 spiro atoms. The molecule has 1 amide bonds. The third kappa shape index (κ3) is 4.19. The number of nitrogens with zero attached hydrogens (tertiary/aromatic N) is 3. The third-order valence-electron chi connectivity index (χ3n) is 8.74. The van der Waals surface area contributed by atoms with Crippen molar-refractivity contribution in [3.63, 3.8) is 0 Å². The fourth-order valence-electron chi connectivity index (χ4n) is 6.21. The molecule has 7 rings (SSSR count). The Morgan fingerprint density at radius 3 is 2.49 bits per heavy atom. The fraction of sp³-hybridized carbons (Fsp3) is 0.464. The lowest BCUT2D eigenvalue weighted by Gasteiger charge is -2.52. The number of carbonyl (C=O) groups is 1. The number of hydrogen-bond donors (Lipinski definition) is 2. The van der Waals surface area contributed by atoms with Crippen LogP contribution in [0.4, 0.5) is 14.6 Å². The Balaban J connectivity index is 1.46. The van der Waals surface area contributed by atoms with Crippen molar-refractivity contribution in [2.24, 2.45) is 5.41 Å². The van der Waals surface area contributed by atoms with Crippen LogP contribution in [-0.4, -0.2) is 45.3 Å². The first kappa shape index (κ1) is 24.0. The zero-order chi connectivity index (χ0) is 25.9. The van der Waals surface area contributed by atoms with E-state index < -0.39 is 29.1 Å². The molecule has 1 aromatic carbocycles. The van der Waals surface area contributed by atoms with Crippen molar-refractivity contribution in [3.8, 4) is 5.69 Å². The molecule has 2 aromatic heterocycles. The molecule has 0 unspecified atom stereocenters. The van der Waals surface area contributed by atoms with Crippen LogP contribution in [0.3, 0.4) is 0 Å². The van der Waals surface area contributed by atoms with Gasteiger partial charge in [0.25, 0.3) is 5.91 Å². The average Bonchev–Trinajstić information content (AvgIpc) is 3.32. The maximum atomic E-state index is 15.0. The number of β-amino-alcohol motifs (C(OH)–C–C–N with tert-alkyl or cyclic N) is 1. The Hall–Kier alpha value is -3.33. The Labute approximate surface area is 213 Å². The molecular weight excluding hydrogens is 478 g/mol. The van der Waals surface area contributed by atoms with Gasteiger partial charge in [-0.15, -0.1) is 0 Å². The number of nitrogens with one attached hydrogen (secondary N) is 1. The van der Waals surface area contributed by atoms with E-state index in [1.54, 1.807) is 12.1 Å². The minimum atomic E-state index is -0.836. The van der Waals surface area contributed by atoms with Crippen LogP contribution >= 0.6 is 0 Å². The maximum Gasteiger partial charge on any atom is 0.257 e. The number of fused-ring (bicyclic) bond motifs is 4. The van der Waals surface area contributed by atoms with Gasteiger partial charge in [0.05, 0.1) is 17.2 Å². The summed E-state index contributed by atoms with van der Waals surface area (Å²) in [5, 5.41) is 13.3. The summed E-state index contributed by atoms with van der Waals surface area (Å²) in [6, 6.07) is 6.43. The molecule has 0 radical (unpaired) electrons. The zero-order valence-electron chi connectivity index (χ0n) is 20.8. The van der Waals surface area contributed by atoms with Gasteiger partial charge in [-0.05, 0) is 74.6 Å². The minimum absolute atomic E-state index is 0.0178. The highest BCUT2D eigenvalue weighted by Gasteiger charge is 2.47. The van der Waals surface area contributed by atoms with E-state index in [-0.39, 0.29) is 27.8 Å². The first-order valence-corrected chi connectivity index (χ1v) is 12.9. The number of carbonyl (C=O) groups excluding carboxylic acids is 1. The van der Waals surface area contributed by atoms with Crippen LogP contribution in [0, 0.1) is 17.0 Å². The van der Waals surface area contributed by atoms with Crippen molar-refractivity contribution in [1.29, 1.82) is 0 Å². The lowest BCUT2D eigenvalue weighted by molar-refractivity contribution is 0.0338. The largest absolute Gasteiger partial charge is 0.391 e. The van der Waals surface area contributed by atoms with Gasteiger partial charge in [-0.2, -0.15) is 0 Å². The van der Waals surface area contributed by atoms with E-state index in [1.807, 2.05) is 4.90 Å². The molecule has 2 bridgehead atoms. The summed E-state index contributed by atoms with van der Waals surface area (Å²) >= 11 is 0. The molecule has 3 aliphatic carbocycles. The Kier molecular flexibility index (Phi) is 5.60.